The molecule has 2 aliphatic rings. The molecular formula is C48H68O8S2. The van der Waals surface area contributed by atoms with Crippen molar-refractivity contribution < 1.29 is 36.5 Å². The number of aliphatic hydroxyl groups excluding tert-OH is 2. The van der Waals surface area contributed by atoms with Gasteiger partial charge in [-0.05, 0) is 72.2 Å². The van der Waals surface area contributed by atoms with Gasteiger partial charge in [-0.1, -0.05) is 141 Å². The summed E-state index contributed by atoms with van der Waals surface area (Å²) in [4.78, 5) is 0.568. The molecule has 2 heterocycles. The molecule has 10 heteroatoms. The van der Waals surface area contributed by atoms with Crippen LogP contribution in [-0.4, -0.2) is 65.0 Å². The Hall–Kier alpha value is -3.70. The second-order valence-electron chi connectivity index (χ2n) is 15.6. The van der Waals surface area contributed by atoms with Gasteiger partial charge in [0.2, 0.25) is 0 Å². The number of hydrogen-bond donors (Lipinski definition) is 2. The Balaban J connectivity index is 0.000000300. The summed E-state index contributed by atoms with van der Waals surface area (Å²) in [6.45, 7) is 8.17. The molecule has 2 N–H and O–H groups in total. The first-order valence-electron chi connectivity index (χ1n) is 20.0. The zero-order valence-corrected chi connectivity index (χ0v) is 35.4. The monoisotopic (exact) mass is 836 g/mol. The molecule has 0 saturated heterocycles. The Bertz CT molecular complexity index is 1970. The van der Waals surface area contributed by atoms with Gasteiger partial charge in [-0.15, -0.1) is 0 Å². The van der Waals surface area contributed by atoms with Crippen LogP contribution in [0.5, 0.6) is 11.5 Å². The lowest BCUT2D eigenvalue weighted by Crippen LogP contribution is -2.42. The van der Waals surface area contributed by atoms with Gasteiger partial charge in [0.15, 0.2) is 19.7 Å². The number of ether oxygens (including phenoxy) is 2. The Morgan fingerprint density at radius 1 is 0.569 bits per heavy atom. The summed E-state index contributed by atoms with van der Waals surface area (Å²) in [5.74, 6) is 0.164. The van der Waals surface area contributed by atoms with Crippen molar-refractivity contribution in [2.45, 2.75) is 128 Å². The fraction of sp³-hybridized carbons (Fsp3) is 0.500. The largest absolute Gasteiger partial charge is 0.497 e. The molecule has 2 aliphatic heterocycles. The Morgan fingerprint density at radius 2 is 0.914 bits per heavy atom. The minimum absolute atomic E-state index is 0. The molecule has 4 aromatic carbocycles. The van der Waals surface area contributed by atoms with Gasteiger partial charge in [-0.3, -0.25) is 0 Å². The first-order valence-corrected chi connectivity index (χ1v) is 23.3. The third-order valence-electron chi connectivity index (χ3n) is 12.4. The molecule has 6 atom stereocenters. The maximum atomic E-state index is 13.5. The van der Waals surface area contributed by atoms with Crippen LogP contribution in [0.2, 0.25) is 0 Å². The molecule has 0 fully saturated rings. The van der Waals surface area contributed by atoms with E-state index in [9.17, 15) is 27.0 Å². The van der Waals surface area contributed by atoms with Crippen molar-refractivity contribution in [1.82, 2.24) is 0 Å². The van der Waals surface area contributed by atoms with E-state index in [0.717, 1.165) is 36.8 Å². The predicted molar refractivity (Wildman–Crippen MR) is 237 cm³/mol. The first-order chi connectivity index (χ1) is 26.8. The minimum Gasteiger partial charge on any atom is -0.497 e. The number of fused-ring (bicyclic) bond motifs is 2. The number of aliphatic hydroxyl groups is 2. The lowest BCUT2D eigenvalue weighted by molar-refractivity contribution is 0.0173. The number of unbranched alkanes of at least 4 members (excludes halogenated alkanes) is 2. The highest BCUT2D eigenvalue weighted by molar-refractivity contribution is 7.91. The lowest BCUT2D eigenvalue weighted by Gasteiger charge is -2.39. The maximum Gasteiger partial charge on any atom is 0.179 e. The molecule has 8 nitrogen and oxygen atoms in total. The van der Waals surface area contributed by atoms with Gasteiger partial charge in [-0.2, -0.15) is 0 Å². The molecule has 0 bridgehead atoms. The molecule has 0 spiro atoms. The van der Waals surface area contributed by atoms with Crippen LogP contribution >= 0.6 is 0 Å². The molecule has 0 aliphatic carbocycles. The van der Waals surface area contributed by atoms with Crippen LogP contribution < -0.4 is 9.47 Å². The molecule has 4 aromatic rings. The number of methoxy groups -OCH3 is 2. The molecule has 0 amide bonds. The van der Waals surface area contributed by atoms with E-state index in [4.69, 9.17) is 9.47 Å². The lowest BCUT2D eigenvalue weighted by atomic mass is 9.69. The zero-order chi connectivity index (χ0) is 40.7. The van der Waals surface area contributed by atoms with Crippen LogP contribution in [0.3, 0.4) is 0 Å². The van der Waals surface area contributed by atoms with Crippen molar-refractivity contribution in [3.63, 3.8) is 0 Å². The van der Waals surface area contributed by atoms with Gasteiger partial charge in [0.1, 0.15) is 11.5 Å². The van der Waals surface area contributed by atoms with Crippen molar-refractivity contribution in [1.29, 1.82) is 0 Å². The highest BCUT2D eigenvalue weighted by atomic mass is 32.2. The fourth-order valence-corrected chi connectivity index (χ4v) is 13.5. The highest BCUT2D eigenvalue weighted by Gasteiger charge is 2.50. The second kappa shape index (κ2) is 20.5. The van der Waals surface area contributed by atoms with Crippen molar-refractivity contribution in [3.8, 4) is 11.5 Å². The second-order valence-corrected chi connectivity index (χ2v) is 19.5. The van der Waals surface area contributed by atoms with E-state index in [-0.39, 0.29) is 36.1 Å². The molecule has 2 unspecified atom stereocenters. The molecule has 0 radical (unpaired) electrons. The number of sulfone groups is 2. The minimum atomic E-state index is -3.58. The average Bonchev–Trinajstić information content (AvgIpc) is 3.34. The summed E-state index contributed by atoms with van der Waals surface area (Å²) >= 11 is 0. The van der Waals surface area contributed by atoms with Gasteiger partial charge < -0.3 is 19.7 Å². The topological polar surface area (TPSA) is 127 Å². The van der Waals surface area contributed by atoms with Crippen molar-refractivity contribution in [3.05, 3.63) is 119 Å². The summed E-state index contributed by atoms with van der Waals surface area (Å²) in [7, 11) is -4.08. The third-order valence-corrected chi connectivity index (χ3v) is 16.4. The zero-order valence-electron chi connectivity index (χ0n) is 33.8. The van der Waals surface area contributed by atoms with Gasteiger partial charge in [0.05, 0.1) is 47.7 Å². The van der Waals surface area contributed by atoms with Crippen molar-refractivity contribution in [2.75, 3.05) is 25.7 Å². The van der Waals surface area contributed by atoms with Crippen LogP contribution in [0.1, 0.15) is 128 Å². The Morgan fingerprint density at radius 3 is 1.21 bits per heavy atom. The van der Waals surface area contributed by atoms with Gasteiger partial charge in [0.25, 0.3) is 0 Å². The SMILES string of the molecule is C.C.CCCC[C@]1(CC)CS(=O)(=O)c2cc(OC)ccc2[C@@H](c2ccccc2)C1O.CCCC[C@]1(CC)CS(=O)(=O)c2cc(OC)ccc2[C@H](c2ccccc2)C1O. The molecule has 320 valence electrons. The van der Waals surface area contributed by atoms with E-state index in [0.29, 0.717) is 48.3 Å². The van der Waals surface area contributed by atoms with Crippen molar-refractivity contribution in [2.24, 2.45) is 10.8 Å². The summed E-state index contributed by atoms with van der Waals surface area (Å²) in [6, 6.07) is 29.9. The van der Waals surface area contributed by atoms with Crippen molar-refractivity contribution >= 4 is 19.7 Å². The summed E-state index contributed by atoms with van der Waals surface area (Å²) in [5, 5.41) is 23.3. The highest BCUT2D eigenvalue weighted by Crippen LogP contribution is 2.51. The smallest absolute Gasteiger partial charge is 0.179 e. The van der Waals surface area contributed by atoms with Gasteiger partial charge in [-0.25, -0.2) is 16.8 Å². The fourth-order valence-electron chi connectivity index (χ4n) is 8.98. The molecule has 6 rings (SSSR count). The maximum absolute atomic E-state index is 13.5. The van der Waals surface area contributed by atoms with Gasteiger partial charge >= 0.3 is 0 Å². The summed E-state index contributed by atoms with van der Waals surface area (Å²) in [5.41, 5.74) is 1.83. The van der Waals surface area contributed by atoms with Crippen LogP contribution in [-0.2, 0) is 19.7 Å². The molecule has 58 heavy (non-hydrogen) atoms. The van der Waals surface area contributed by atoms with E-state index >= 15 is 0 Å². The normalized spacial score (nSPS) is 25.4. The van der Waals surface area contributed by atoms with Crippen LogP contribution in [0.25, 0.3) is 0 Å². The van der Waals surface area contributed by atoms with E-state index in [1.54, 1.807) is 36.4 Å². The van der Waals surface area contributed by atoms with E-state index < -0.39 is 54.5 Å². The number of benzene rings is 4. The molecule has 0 aromatic heterocycles. The molecule has 0 saturated carbocycles. The Kier molecular flexibility index (Phi) is 17.2. The van der Waals surface area contributed by atoms with Gasteiger partial charge in [0, 0.05) is 22.7 Å². The summed E-state index contributed by atoms with van der Waals surface area (Å²) < 4.78 is 64.4. The number of hydrogen-bond acceptors (Lipinski definition) is 8. The molecular weight excluding hydrogens is 769 g/mol. The third kappa shape index (κ3) is 9.83. The van der Waals surface area contributed by atoms with Crippen LogP contribution in [0.15, 0.2) is 107 Å². The quantitative estimate of drug-likeness (QED) is 0.144. The van der Waals surface area contributed by atoms with Crippen LogP contribution in [0, 0.1) is 10.8 Å². The summed E-state index contributed by atoms with van der Waals surface area (Å²) in [6.07, 6.45) is 4.75. The Labute approximate surface area is 349 Å². The first kappa shape index (κ1) is 48.7. The van der Waals surface area contributed by atoms with E-state index in [1.165, 1.54) is 14.2 Å². The van der Waals surface area contributed by atoms with Crippen LogP contribution in [0.4, 0.5) is 0 Å². The standard InChI is InChI=1S/2C23H30O4S.2CH4/c2*1-4-6-14-23(5-2)16-28(25,26)20-15-18(27-3)12-13-19(20)21(22(23)24)17-10-8-7-9-11-17;;/h2*7-13,15,21-22,24H,4-6,14,16H2,1-3H3;2*1H4/t21-,22?,23+;21-,22?,23-;;/m01../s1. The van der Waals surface area contributed by atoms with E-state index in [1.807, 2.05) is 74.5 Å². The predicted octanol–water partition coefficient (Wildman–Crippen LogP) is 10.4. The average molecular weight is 837 g/mol. The van der Waals surface area contributed by atoms with E-state index in [2.05, 4.69) is 13.8 Å². The number of rotatable bonds is 12.